The molecule has 3 rings (SSSR count). The monoisotopic (exact) mass is 443 g/mol. The fraction of sp³-hybridized carbons (Fsp3) is 0.435. The molecule has 30 heavy (non-hydrogen) atoms. The van der Waals surface area contributed by atoms with E-state index in [1.165, 1.54) is 16.2 Å². The van der Waals surface area contributed by atoms with Crippen LogP contribution in [-0.2, 0) is 12.8 Å². The topological polar surface area (TPSA) is 84.2 Å². The van der Waals surface area contributed by atoms with Gasteiger partial charge in [0.15, 0.2) is 5.11 Å². The minimum Gasteiger partial charge on any atom is -0.365 e. The van der Waals surface area contributed by atoms with Crippen LogP contribution in [0.1, 0.15) is 69.5 Å². The quantitative estimate of drug-likeness (QED) is 0.598. The Morgan fingerprint density at radius 1 is 1.20 bits per heavy atom. The average Bonchev–Trinajstić information content (AvgIpc) is 2.99. The van der Waals surface area contributed by atoms with E-state index in [9.17, 15) is 9.59 Å². The van der Waals surface area contributed by atoms with Crippen LogP contribution in [0, 0.1) is 25.2 Å². The lowest BCUT2D eigenvalue weighted by atomic mass is 9.72. The van der Waals surface area contributed by atoms with Gasteiger partial charge in [0.1, 0.15) is 5.00 Å². The third-order valence-electron chi connectivity index (χ3n) is 5.96. The number of nitrogens with two attached hydrogens (primary N) is 1. The maximum atomic E-state index is 12.5. The fourth-order valence-corrected chi connectivity index (χ4v) is 5.46. The smallest absolute Gasteiger partial charge is 0.257 e. The summed E-state index contributed by atoms with van der Waals surface area (Å²) in [4.78, 5) is 25.9. The van der Waals surface area contributed by atoms with Gasteiger partial charge in [-0.1, -0.05) is 26.8 Å². The lowest BCUT2D eigenvalue weighted by Crippen LogP contribution is -2.34. The third kappa shape index (κ3) is 4.73. The molecule has 2 amide bonds. The highest BCUT2D eigenvalue weighted by Crippen LogP contribution is 2.44. The molecule has 0 spiro atoms. The van der Waals surface area contributed by atoms with Crippen LogP contribution in [0.25, 0.3) is 0 Å². The van der Waals surface area contributed by atoms with E-state index in [1.54, 1.807) is 6.07 Å². The predicted octanol–water partition coefficient (Wildman–Crippen LogP) is 4.74. The lowest BCUT2D eigenvalue weighted by molar-refractivity contribution is 0.0975. The van der Waals surface area contributed by atoms with E-state index in [2.05, 4.69) is 31.4 Å². The summed E-state index contributed by atoms with van der Waals surface area (Å²) >= 11 is 6.87. The molecule has 1 heterocycles. The Morgan fingerprint density at radius 2 is 1.90 bits per heavy atom. The van der Waals surface area contributed by atoms with Gasteiger partial charge < -0.3 is 11.1 Å². The van der Waals surface area contributed by atoms with E-state index in [4.69, 9.17) is 18.0 Å². The Balaban J connectivity index is 1.78. The number of thiocarbonyl (C=S) groups is 1. The molecule has 0 saturated carbocycles. The van der Waals surface area contributed by atoms with Gasteiger partial charge in [0.05, 0.1) is 5.56 Å². The summed E-state index contributed by atoms with van der Waals surface area (Å²) in [5.74, 6) is -0.202. The number of rotatable bonds is 3. The van der Waals surface area contributed by atoms with Crippen molar-refractivity contribution in [2.24, 2.45) is 17.1 Å². The number of primary amides is 1. The van der Waals surface area contributed by atoms with Crippen molar-refractivity contribution in [3.05, 3.63) is 50.9 Å². The van der Waals surface area contributed by atoms with E-state index in [1.807, 2.05) is 26.0 Å². The SMILES string of the molecule is Cc1ccc(C(=O)NC(=S)Nc2sc3c(c2C(N)=O)CC[C@@H](C(C)(C)C)C3)cc1C. The zero-order valence-corrected chi connectivity index (χ0v) is 19.8. The van der Waals surface area contributed by atoms with Crippen molar-refractivity contribution in [2.75, 3.05) is 5.32 Å². The Hall–Kier alpha value is -2.25. The molecule has 4 N–H and O–H groups in total. The molecule has 1 aliphatic carbocycles. The fourth-order valence-electron chi connectivity index (χ4n) is 3.87. The van der Waals surface area contributed by atoms with Gasteiger partial charge in [-0.05, 0) is 85.5 Å². The van der Waals surface area contributed by atoms with Gasteiger partial charge in [-0.15, -0.1) is 11.3 Å². The minimum atomic E-state index is -0.465. The molecule has 2 aromatic rings. The van der Waals surface area contributed by atoms with Crippen LogP contribution in [-0.4, -0.2) is 16.9 Å². The van der Waals surface area contributed by atoms with Crippen molar-refractivity contribution in [2.45, 2.75) is 53.9 Å². The molecular weight excluding hydrogens is 414 g/mol. The van der Waals surface area contributed by atoms with Crippen LogP contribution in [0.5, 0.6) is 0 Å². The molecule has 1 aromatic heterocycles. The normalized spacial score (nSPS) is 16.0. The van der Waals surface area contributed by atoms with Crippen molar-refractivity contribution in [1.82, 2.24) is 5.32 Å². The Bertz CT molecular complexity index is 1020. The highest BCUT2D eigenvalue weighted by Gasteiger charge is 2.33. The van der Waals surface area contributed by atoms with Crippen molar-refractivity contribution in [1.29, 1.82) is 0 Å². The van der Waals surface area contributed by atoms with Gasteiger partial charge in [-0.3, -0.25) is 14.9 Å². The first-order chi connectivity index (χ1) is 14.0. The van der Waals surface area contributed by atoms with Gasteiger partial charge in [-0.25, -0.2) is 0 Å². The van der Waals surface area contributed by atoms with Crippen molar-refractivity contribution < 1.29 is 9.59 Å². The Labute approximate surface area is 187 Å². The van der Waals surface area contributed by atoms with Gasteiger partial charge >= 0.3 is 0 Å². The molecule has 1 atom stereocenters. The van der Waals surface area contributed by atoms with E-state index in [0.29, 0.717) is 22.0 Å². The van der Waals surface area contributed by atoms with E-state index in [0.717, 1.165) is 36.0 Å². The highest BCUT2D eigenvalue weighted by molar-refractivity contribution is 7.80. The van der Waals surface area contributed by atoms with Gasteiger partial charge in [0.25, 0.3) is 11.8 Å². The minimum absolute atomic E-state index is 0.159. The molecule has 0 bridgehead atoms. The molecule has 1 aromatic carbocycles. The molecule has 1 aliphatic rings. The summed E-state index contributed by atoms with van der Waals surface area (Å²) in [6.07, 6.45) is 2.78. The van der Waals surface area contributed by atoms with Gasteiger partial charge in [-0.2, -0.15) is 0 Å². The first-order valence-electron chi connectivity index (χ1n) is 10.1. The van der Waals surface area contributed by atoms with E-state index < -0.39 is 5.91 Å². The standard InChI is InChI=1S/C23H29N3O2S2/c1-12-6-7-14(10-13(12)2)20(28)25-22(29)26-21-18(19(24)27)16-9-8-15(23(3,4)5)11-17(16)30-21/h6-7,10,15H,8-9,11H2,1-5H3,(H2,24,27)(H2,25,26,28,29)/t15-/m1/s1. The number of hydrogen-bond acceptors (Lipinski definition) is 4. The van der Waals surface area contributed by atoms with Crippen LogP contribution < -0.4 is 16.4 Å². The maximum absolute atomic E-state index is 12.5. The summed E-state index contributed by atoms with van der Waals surface area (Å²) in [6, 6.07) is 5.51. The second-order valence-electron chi connectivity index (χ2n) is 9.09. The first-order valence-corrected chi connectivity index (χ1v) is 11.3. The average molecular weight is 444 g/mol. The zero-order chi connectivity index (χ0) is 22.2. The number of benzene rings is 1. The summed E-state index contributed by atoms with van der Waals surface area (Å²) in [5, 5.41) is 6.53. The summed E-state index contributed by atoms with van der Waals surface area (Å²) in [5.41, 5.74) is 10.1. The Kier molecular flexibility index (Phi) is 6.34. The largest absolute Gasteiger partial charge is 0.365 e. The van der Waals surface area contributed by atoms with Crippen LogP contribution in [0.2, 0.25) is 0 Å². The van der Waals surface area contributed by atoms with Crippen LogP contribution in [0.3, 0.4) is 0 Å². The number of aryl methyl sites for hydroxylation is 2. The number of carbonyl (C=O) groups excluding carboxylic acids is 2. The highest BCUT2D eigenvalue weighted by atomic mass is 32.1. The van der Waals surface area contributed by atoms with Gasteiger partial charge in [0, 0.05) is 10.4 Å². The summed E-state index contributed by atoms with van der Waals surface area (Å²) < 4.78 is 0. The molecule has 5 nitrogen and oxygen atoms in total. The van der Waals surface area contributed by atoms with E-state index in [-0.39, 0.29) is 16.4 Å². The molecular formula is C23H29N3O2S2. The molecule has 0 radical (unpaired) electrons. The molecule has 160 valence electrons. The summed E-state index contributed by atoms with van der Waals surface area (Å²) in [7, 11) is 0. The molecule has 7 heteroatoms. The number of amides is 2. The van der Waals surface area contributed by atoms with Crippen LogP contribution in [0.4, 0.5) is 5.00 Å². The van der Waals surface area contributed by atoms with Crippen molar-refractivity contribution >= 4 is 45.5 Å². The molecule has 0 unspecified atom stereocenters. The maximum Gasteiger partial charge on any atom is 0.257 e. The number of hydrogen-bond donors (Lipinski definition) is 3. The Morgan fingerprint density at radius 3 is 2.50 bits per heavy atom. The second-order valence-corrected chi connectivity index (χ2v) is 10.6. The number of nitrogens with one attached hydrogen (secondary N) is 2. The number of fused-ring (bicyclic) bond motifs is 1. The zero-order valence-electron chi connectivity index (χ0n) is 18.1. The van der Waals surface area contributed by atoms with Crippen LogP contribution in [0.15, 0.2) is 18.2 Å². The molecule has 0 aliphatic heterocycles. The first kappa shape index (κ1) is 22.4. The third-order valence-corrected chi connectivity index (χ3v) is 7.33. The van der Waals surface area contributed by atoms with Crippen molar-refractivity contribution in [3.8, 4) is 0 Å². The number of anilines is 1. The van der Waals surface area contributed by atoms with Gasteiger partial charge in [0.2, 0.25) is 0 Å². The molecule has 0 fully saturated rings. The predicted molar refractivity (Wildman–Crippen MR) is 127 cm³/mol. The van der Waals surface area contributed by atoms with Crippen molar-refractivity contribution in [3.63, 3.8) is 0 Å². The number of thiophene rings is 1. The second kappa shape index (κ2) is 8.47. The number of carbonyl (C=O) groups is 2. The van der Waals surface area contributed by atoms with E-state index >= 15 is 0 Å². The lowest BCUT2D eigenvalue weighted by Gasteiger charge is -2.33. The van der Waals surface area contributed by atoms with Crippen LogP contribution >= 0.6 is 23.6 Å². The molecule has 0 saturated heterocycles. The summed E-state index contributed by atoms with van der Waals surface area (Å²) in [6.45, 7) is 10.7.